The predicted molar refractivity (Wildman–Crippen MR) is 134 cm³/mol. The largest absolute Gasteiger partial charge is 0.407 e. The summed E-state index contributed by atoms with van der Waals surface area (Å²) in [6.07, 6.45) is 0. The van der Waals surface area contributed by atoms with Crippen LogP contribution in [0.2, 0.25) is 0 Å². The maximum absolute atomic E-state index is 13.6. The Morgan fingerprint density at radius 3 is 2.26 bits per heavy atom. The molecular formula is C28H26FN3O3. The number of amides is 1. The number of aromatic nitrogens is 2. The van der Waals surface area contributed by atoms with E-state index in [-0.39, 0.29) is 23.5 Å². The molecule has 0 atom stereocenters. The Hall–Kier alpha value is -4.26. The second kappa shape index (κ2) is 9.93. The van der Waals surface area contributed by atoms with Crippen molar-refractivity contribution in [1.29, 1.82) is 0 Å². The number of hydrogen-bond donors (Lipinski definition) is 1. The molecule has 4 aromatic rings. The van der Waals surface area contributed by atoms with Crippen LogP contribution in [0.15, 0.2) is 72.8 Å². The summed E-state index contributed by atoms with van der Waals surface area (Å²) in [5, 5.41) is 7.67. The normalized spacial score (nSPS) is 10.9. The zero-order valence-electron chi connectivity index (χ0n) is 20.0. The Balaban J connectivity index is 1.92. The first-order valence-corrected chi connectivity index (χ1v) is 11.3. The molecule has 0 saturated heterocycles. The summed E-state index contributed by atoms with van der Waals surface area (Å²) >= 11 is 0. The minimum absolute atomic E-state index is 0.0806. The van der Waals surface area contributed by atoms with E-state index in [4.69, 9.17) is 9.84 Å². The molecule has 0 spiro atoms. The molecule has 178 valence electrons. The van der Waals surface area contributed by atoms with Gasteiger partial charge in [0.2, 0.25) is 11.8 Å². The van der Waals surface area contributed by atoms with E-state index in [0.717, 1.165) is 16.7 Å². The van der Waals surface area contributed by atoms with Gasteiger partial charge in [0, 0.05) is 24.1 Å². The molecule has 1 N–H and O–H groups in total. The average molecular weight is 472 g/mol. The maximum Gasteiger partial charge on any atom is 0.309 e. The first-order chi connectivity index (χ1) is 16.7. The fourth-order valence-corrected chi connectivity index (χ4v) is 3.65. The van der Waals surface area contributed by atoms with Crippen LogP contribution in [-0.2, 0) is 9.59 Å². The number of carbonyl (C=O) groups is 2. The van der Waals surface area contributed by atoms with Crippen LogP contribution in [0, 0.1) is 18.7 Å². The molecule has 3 aromatic carbocycles. The van der Waals surface area contributed by atoms with E-state index in [1.165, 1.54) is 23.7 Å². The van der Waals surface area contributed by atoms with Crippen LogP contribution in [0.1, 0.15) is 26.3 Å². The van der Waals surface area contributed by atoms with Crippen molar-refractivity contribution < 1.29 is 18.7 Å². The third-order valence-electron chi connectivity index (χ3n) is 5.41. The molecule has 0 aliphatic heterocycles. The van der Waals surface area contributed by atoms with Crippen molar-refractivity contribution in [3.63, 3.8) is 0 Å². The quantitative estimate of drug-likeness (QED) is 0.341. The van der Waals surface area contributed by atoms with Gasteiger partial charge in [-0.1, -0.05) is 49.7 Å². The van der Waals surface area contributed by atoms with Gasteiger partial charge in [-0.3, -0.25) is 9.59 Å². The van der Waals surface area contributed by atoms with Crippen molar-refractivity contribution >= 4 is 17.6 Å². The lowest BCUT2D eigenvalue weighted by Crippen LogP contribution is -2.17. The number of halogens is 1. The van der Waals surface area contributed by atoms with Gasteiger partial charge in [-0.15, -0.1) is 0 Å². The zero-order valence-corrected chi connectivity index (χ0v) is 20.0. The highest BCUT2D eigenvalue weighted by molar-refractivity contribution is 5.93. The van der Waals surface area contributed by atoms with Crippen molar-refractivity contribution in [1.82, 2.24) is 9.78 Å². The van der Waals surface area contributed by atoms with Gasteiger partial charge in [-0.05, 0) is 55.0 Å². The van der Waals surface area contributed by atoms with Gasteiger partial charge in [-0.25, -0.2) is 4.39 Å². The monoisotopic (exact) mass is 471 g/mol. The molecule has 0 fully saturated rings. The molecule has 7 heteroatoms. The van der Waals surface area contributed by atoms with Crippen LogP contribution in [0.25, 0.3) is 28.1 Å². The first kappa shape index (κ1) is 23.9. The van der Waals surface area contributed by atoms with Crippen molar-refractivity contribution in [2.24, 2.45) is 5.92 Å². The van der Waals surface area contributed by atoms with Crippen molar-refractivity contribution in [2.45, 2.75) is 27.7 Å². The molecule has 1 aromatic heterocycles. The summed E-state index contributed by atoms with van der Waals surface area (Å²) in [7, 11) is 0. The van der Waals surface area contributed by atoms with Crippen LogP contribution in [0.4, 0.5) is 10.1 Å². The van der Waals surface area contributed by atoms with Crippen molar-refractivity contribution in [3.8, 4) is 34.0 Å². The number of anilines is 1. The highest BCUT2D eigenvalue weighted by Crippen LogP contribution is 2.41. The van der Waals surface area contributed by atoms with E-state index in [0.29, 0.717) is 22.6 Å². The standard InChI is InChI=1S/C28H26FN3O3/c1-17(2)27(34)30-23-12-8-20(9-13-23)25-26(21-7-5-6-18(3)16-21)31-32(28(25)35-19(4)33)24-14-10-22(29)11-15-24/h5-17H,1-4H3,(H,30,34). The number of benzene rings is 3. The number of rotatable bonds is 6. The lowest BCUT2D eigenvalue weighted by Gasteiger charge is -2.11. The molecule has 1 heterocycles. The summed E-state index contributed by atoms with van der Waals surface area (Å²) in [4.78, 5) is 24.2. The summed E-state index contributed by atoms with van der Waals surface area (Å²) in [6.45, 7) is 6.96. The Labute approximate surface area is 203 Å². The Morgan fingerprint density at radius 1 is 0.971 bits per heavy atom. The Kier molecular flexibility index (Phi) is 6.78. The van der Waals surface area contributed by atoms with E-state index in [1.807, 2.05) is 57.2 Å². The lowest BCUT2D eigenvalue weighted by molar-refractivity contribution is -0.132. The lowest BCUT2D eigenvalue weighted by atomic mass is 10.00. The minimum atomic E-state index is -0.508. The maximum atomic E-state index is 13.6. The van der Waals surface area contributed by atoms with Gasteiger partial charge in [-0.2, -0.15) is 9.78 Å². The third kappa shape index (κ3) is 5.30. The number of carbonyl (C=O) groups excluding carboxylic acids is 2. The zero-order chi connectivity index (χ0) is 25.1. The number of ether oxygens (including phenoxy) is 1. The summed E-state index contributed by atoms with van der Waals surface area (Å²) in [6, 6.07) is 20.9. The van der Waals surface area contributed by atoms with Crippen molar-refractivity contribution in [3.05, 3.63) is 84.2 Å². The molecule has 4 rings (SSSR count). The van der Waals surface area contributed by atoms with Gasteiger partial charge >= 0.3 is 5.97 Å². The van der Waals surface area contributed by atoms with Crippen LogP contribution < -0.4 is 10.1 Å². The number of esters is 1. The summed E-state index contributed by atoms with van der Waals surface area (Å²) < 4.78 is 20.8. The van der Waals surface area contributed by atoms with Crippen LogP contribution in [0.3, 0.4) is 0 Å². The van der Waals surface area contributed by atoms with Gasteiger partial charge in [0.25, 0.3) is 0 Å². The second-order valence-corrected chi connectivity index (χ2v) is 8.60. The molecular weight excluding hydrogens is 445 g/mol. The molecule has 35 heavy (non-hydrogen) atoms. The minimum Gasteiger partial charge on any atom is -0.407 e. The van der Waals surface area contributed by atoms with E-state index >= 15 is 0 Å². The Bertz CT molecular complexity index is 1370. The van der Waals surface area contributed by atoms with Gasteiger partial charge in [0.1, 0.15) is 11.5 Å². The number of hydrogen-bond acceptors (Lipinski definition) is 4. The molecule has 1 amide bonds. The molecule has 0 radical (unpaired) electrons. The van der Waals surface area contributed by atoms with E-state index in [2.05, 4.69) is 5.32 Å². The van der Waals surface area contributed by atoms with Gasteiger partial charge < -0.3 is 10.1 Å². The molecule has 0 saturated carbocycles. The summed E-state index contributed by atoms with van der Waals surface area (Å²) in [5.41, 5.74) is 5.05. The van der Waals surface area contributed by atoms with E-state index in [9.17, 15) is 14.0 Å². The first-order valence-electron chi connectivity index (χ1n) is 11.3. The van der Waals surface area contributed by atoms with Crippen LogP contribution >= 0.6 is 0 Å². The Morgan fingerprint density at radius 2 is 1.66 bits per heavy atom. The highest BCUT2D eigenvalue weighted by Gasteiger charge is 2.25. The number of nitrogens with zero attached hydrogens (tertiary/aromatic N) is 2. The average Bonchev–Trinajstić information content (AvgIpc) is 3.18. The SMILES string of the molecule is CC(=O)Oc1c(-c2ccc(NC(=O)C(C)C)cc2)c(-c2cccc(C)c2)nn1-c1ccc(F)cc1. The second-order valence-electron chi connectivity index (χ2n) is 8.60. The van der Waals surface area contributed by atoms with Gasteiger partial charge in [0.05, 0.1) is 11.3 Å². The third-order valence-corrected chi connectivity index (χ3v) is 5.41. The van der Waals surface area contributed by atoms with Crippen LogP contribution in [0.5, 0.6) is 5.88 Å². The molecule has 0 aliphatic rings. The molecule has 0 unspecified atom stereocenters. The fraction of sp³-hybridized carbons (Fsp3) is 0.179. The smallest absolute Gasteiger partial charge is 0.309 e. The fourth-order valence-electron chi connectivity index (χ4n) is 3.65. The van der Waals surface area contributed by atoms with Crippen molar-refractivity contribution in [2.75, 3.05) is 5.32 Å². The topological polar surface area (TPSA) is 73.2 Å². The highest BCUT2D eigenvalue weighted by atomic mass is 19.1. The van der Waals surface area contributed by atoms with E-state index in [1.54, 1.807) is 24.3 Å². The number of nitrogens with one attached hydrogen (secondary N) is 1. The summed E-state index contributed by atoms with van der Waals surface area (Å²) in [5.74, 6) is -0.895. The van der Waals surface area contributed by atoms with Crippen LogP contribution in [-0.4, -0.2) is 21.7 Å². The predicted octanol–water partition coefficient (Wildman–Crippen LogP) is 6.17. The van der Waals surface area contributed by atoms with Gasteiger partial charge in [0.15, 0.2) is 0 Å². The molecule has 0 bridgehead atoms. The number of aryl methyl sites for hydroxylation is 1. The molecule has 0 aliphatic carbocycles. The molecule has 6 nitrogen and oxygen atoms in total. The van der Waals surface area contributed by atoms with E-state index < -0.39 is 5.97 Å².